The largest absolute Gasteiger partial charge is 0.395 e. The molecule has 0 aromatic heterocycles. The fourth-order valence-corrected chi connectivity index (χ4v) is 1.97. The molecule has 2 nitrogen and oxygen atoms in total. The van der Waals surface area contributed by atoms with Crippen molar-refractivity contribution in [2.75, 3.05) is 13.2 Å². The number of aryl methyl sites for hydroxylation is 1. The normalized spacial score (nSPS) is 10.6. The van der Waals surface area contributed by atoms with Gasteiger partial charge in [-0.1, -0.05) is 39.5 Å². The summed E-state index contributed by atoms with van der Waals surface area (Å²) >= 11 is 0. The van der Waals surface area contributed by atoms with Gasteiger partial charge in [-0.2, -0.15) is 0 Å². The SMILES string of the molecule is C=C(NCCO)c1ccc(C(C)C)c(CC)c1. The molecule has 0 aliphatic rings. The molecule has 2 heteroatoms. The zero-order valence-electron chi connectivity index (χ0n) is 11.1. The Balaban J connectivity index is 2.93. The topological polar surface area (TPSA) is 32.3 Å². The molecule has 0 saturated heterocycles. The Labute approximate surface area is 104 Å². The number of hydrogen-bond acceptors (Lipinski definition) is 2. The maximum Gasteiger partial charge on any atom is 0.0604 e. The van der Waals surface area contributed by atoms with E-state index in [-0.39, 0.29) is 6.61 Å². The number of aliphatic hydroxyl groups is 1. The number of hydrogen-bond donors (Lipinski definition) is 2. The Bertz CT molecular complexity index is 383. The van der Waals surface area contributed by atoms with Crippen LogP contribution in [0, 0.1) is 0 Å². The van der Waals surface area contributed by atoms with Crippen molar-refractivity contribution in [1.82, 2.24) is 5.32 Å². The van der Waals surface area contributed by atoms with Gasteiger partial charge < -0.3 is 10.4 Å². The summed E-state index contributed by atoms with van der Waals surface area (Å²) < 4.78 is 0. The number of rotatable bonds is 6. The van der Waals surface area contributed by atoms with Crippen molar-refractivity contribution in [1.29, 1.82) is 0 Å². The lowest BCUT2D eigenvalue weighted by molar-refractivity contribution is 0.299. The predicted molar refractivity (Wildman–Crippen MR) is 74.0 cm³/mol. The Morgan fingerprint density at radius 2 is 2.12 bits per heavy atom. The minimum atomic E-state index is 0.129. The molecule has 0 heterocycles. The standard InChI is InChI=1S/C15H23NO/c1-5-13-10-14(12(4)16-8-9-17)6-7-15(13)11(2)3/h6-7,10-11,16-17H,4-5,8-9H2,1-3H3. The zero-order chi connectivity index (χ0) is 12.8. The van der Waals surface area contributed by atoms with Crippen molar-refractivity contribution in [2.45, 2.75) is 33.1 Å². The molecule has 1 rings (SSSR count). The van der Waals surface area contributed by atoms with Crippen molar-refractivity contribution in [3.05, 3.63) is 41.5 Å². The smallest absolute Gasteiger partial charge is 0.0604 e. The molecule has 0 unspecified atom stereocenters. The molecule has 2 N–H and O–H groups in total. The third-order valence-electron chi connectivity index (χ3n) is 2.94. The molecular formula is C15H23NO. The zero-order valence-corrected chi connectivity index (χ0v) is 11.1. The van der Waals surface area contributed by atoms with Crippen LogP contribution in [0.15, 0.2) is 24.8 Å². The van der Waals surface area contributed by atoms with Gasteiger partial charge in [0, 0.05) is 12.2 Å². The molecule has 0 radical (unpaired) electrons. The van der Waals surface area contributed by atoms with E-state index in [1.165, 1.54) is 11.1 Å². The molecule has 0 aliphatic carbocycles. The quantitative estimate of drug-likeness (QED) is 0.792. The minimum absolute atomic E-state index is 0.129. The van der Waals surface area contributed by atoms with E-state index in [1.54, 1.807) is 0 Å². The van der Waals surface area contributed by atoms with Gasteiger partial charge >= 0.3 is 0 Å². The van der Waals surface area contributed by atoms with E-state index in [1.807, 2.05) is 0 Å². The van der Waals surface area contributed by atoms with Crippen LogP contribution < -0.4 is 5.32 Å². The van der Waals surface area contributed by atoms with E-state index in [0.29, 0.717) is 12.5 Å². The second kappa shape index (κ2) is 6.45. The molecule has 1 aromatic carbocycles. The van der Waals surface area contributed by atoms with Crippen LogP contribution in [-0.2, 0) is 6.42 Å². The third kappa shape index (κ3) is 3.60. The molecule has 0 atom stereocenters. The molecule has 1 aromatic rings. The van der Waals surface area contributed by atoms with E-state index in [2.05, 4.69) is 50.9 Å². The average molecular weight is 233 g/mol. The Hall–Kier alpha value is -1.28. The molecule has 94 valence electrons. The van der Waals surface area contributed by atoms with Crippen molar-refractivity contribution in [3.63, 3.8) is 0 Å². The minimum Gasteiger partial charge on any atom is -0.395 e. The summed E-state index contributed by atoms with van der Waals surface area (Å²) in [7, 11) is 0. The first-order valence-electron chi connectivity index (χ1n) is 6.27. The average Bonchev–Trinajstić information content (AvgIpc) is 2.34. The van der Waals surface area contributed by atoms with Gasteiger partial charge in [0.2, 0.25) is 0 Å². The van der Waals surface area contributed by atoms with E-state index in [9.17, 15) is 0 Å². The van der Waals surface area contributed by atoms with Gasteiger partial charge in [0.15, 0.2) is 0 Å². The summed E-state index contributed by atoms with van der Waals surface area (Å²) in [5.41, 5.74) is 4.78. The molecule has 0 aliphatic heterocycles. The van der Waals surface area contributed by atoms with E-state index < -0.39 is 0 Å². The van der Waals surface area contributed by atoms with Gasteiger partial charge in [-0.05, 0) is 35.1 Å². The number of benzene rings is 1. The van der Waals surface area contributed by atoms with E-state index in [4.69, 9.17) is 5.11 Å². The number of aliphatic hydroxyl groups excluding tert-OH is 1. The van der Waals surface area contributed by atoms with Crippen LogP contribution >= 0.6 is 0 Å². The summed E-state index contributed by atoms with van der Waals surface area (Å²) in [4.78, 5) is 0. The second-order valence-electron chi connectivity index (χ2n) is 4.55. The van der Waals surface area contributed by atoms with Crippen LogP contribution in [0.1, 0.15) is 43.4 Å². The van der Waals surface area contributed by atoms with Crippen LogP contribution in [0.2, 0.25) is 0 Å². The molecular weight excluding hydrogens is 210 g/mol. The lowest BCUT2D eigenvalue weighted by Crippen LogP contribution is -2.16. The lowest BCUT2D eigenvalue weighted by atomic mass is 9.93. The Morgan fingerprint density at radius 3 is 2.65 bits per heavy atom. The monoisotopic (exact) mass is 233 g/mol. The van der Waals surface area contributed by atoms with E-state index >= 15 is 0 Å². The van der Waals surface area contributed by atoms with Crippen LogP contribution in [0.5, 0.6) is 0 Å². The van der Waals surface area contributed by atoms with Gasteiger partial charge in [0.1, 0.15) is 0 Å². The molecule has 0 bridgehead atoms. The van der Waals surface area contributed by atoms with Crippen LogP contribution in [0.4, 0.5) is 0 Å². The third-order valence-corrected chi connectivity index (χ3v) is 2.94. The highest BCUT2D eigenvalue weighted by molar-refractivity contribution is 5.63. The summed E-state index contributed by atoms with van der Waals surface area (Å²) in [6.07, 6.45) is 1.04. The van der Waals surface area contributed by atoms with Crippen LogP contribution in [0.25, 0.3) is 5.70 Å². The predicted octanol–water partition coefficient (Wildman–Crippen LogP) is 2.93. The first-order valence-corrected chi connectivity index (χ1v) is 6.27. The fraction of sp³-hybridized carbons (Fsp3) is 0.467. The summed E-state index contributed by atoms with van der Waals surface area (Å²) in [6, 6.07) is 6.48. The fourth-order valence-electron chi connectivity index (χ4n) is 1.97. The second-order valence-corrected chi connectivity index (χ2v) is 4.55. The Kier molecular flexibility index (Phi) is 5.23. The molecule has 0 spiro atoms. The van der Waals surface area contributed by atoms with Crippen molar-refractivity contribution >= 4 is 5.70 Å². The van der Waals surface area contributed by atoms with Gasteiger partial charge in [-0.25, -0.2) is 0 Å². The summed E-state index contributed by atoms with van der Waals surface area (Å²) in [6.45, 7) is 11.3. The summed E-state index contributed by atoms with van der Waals surface area (Å²) in [5.74, 6) is 0.553. The Morgan fingerprint density at radius 1 is 1.41 bits per heavy atom. The van der Waals surface area contributed by atoms with Crippen LogP contribution in [-0.4, -0.2) is 18.3 Å². The molecule has 0 amide bonds. The van der Waals surface area contributed by atoms with Crippen molar-refractivity contribution < 1.29 is 5.11 Å². The molecule has 0 fully saturated rings. The van der Waals surface area contributed by atoms with Crippen LogP contribution in [0.3, 0.4) is 0 Å². The first kappa shape index (κ1) is 13.8. The number of nitrogens with one attached hydrogen (secondary N) is 1. The van der Waals surface area contributed by atoms with Gasteiger partial charge in [0.05, 0.1) is 6.61 Å². The molecule has 0 saturated carbocycles. The highest BCUT2D eigenvalue weighted by Gasteiger charge is 2.07. The summed E-state index contributed by atoms with van der Waals surface area (Å²) in [5, 5.41) is 11.9. The van der Waals surface area contributed by atoms with Crippen molar-refractivity contribution in [3.8, 4) is 0 Å². The van der Waals surface area contributed by atoms with Crippen molar-refractivity contribution in [2.24, 2.45) is 0 Å². The highest BCUT2D eigenvalue weighted by Crippen LogP contribution is 2.23. The van der Waals surface area contributed by atoms with Gasteiger partial charge in [-0.15, -0.1) is 0 Å². The maximum atomic E-state index is 8.78. The first-order chi connectivity index (χ1) is 8.10. The highest BCUT2D eigenvalue weighted by atomic mass is 16.3. The van der Waals surface area contributed by atoms with Gasteiger partial charge in [0.25, 0.3) is 0 Å². The molecule has 17 heavy (non-hydrogen) atoms. The lowest BCUT2D eigenvalue weighted by Gasteiger charge is -2.15. The maximum absolute atomic E-state index is 8.78. The van der Waals surface area contributed by atoms with E-state index in [0.717, 1.165) is 17.7 Å². The van der Waals surface area contributed by atoms with Gasteiger partial charge in [-0.3, -0.25) is 0 Å².